The van der Waals surface area contributed by atoms with Crippen molar-refractivity contribution in [1.82, 2.24) is 9.97 Å². The average molecular weight is 1570 g/mol. The van der Waals surface area contributed by atoms with Gasteiger partial charge in [-0.15, -0.1) is 0 Å². The minimum absolute atomic E-state index is 0. The second-order valence-electron chi connectivity index (χ2n) is 36.4. The second kappa shape index (κ2) is 56.2. The Hall–Kier alpha value is -9.24. The van der Waals surface area contributed by atoms with E-state index in [1.54, 1.807) is 0 Å². The Morgan fingerprint density at radius 3 is 1.17 bits per heavy atom. The molecular formula is C115H156N2. The minimum Gasteiger partial charge on any atom is -0.365 e. The lowest BCUT2D eigenvalue weighted by Gasteiger charge is -2.22. The van der Waals surface area contributed by atoms with E-state index in [0.29, 0.717) is 0 Å². The van der Waals surface area contributed by atoms with Gasteiger partial charge in [0.15, 0.2) is 0 Å². The van der Waals surface area contributed by atoms with Gasteiger partial charge in [-0.1, -0.05) is 437 Å². The molecule has 13 aromatic rings. The van der Waals surface area contributed by atoms with Crippen molar-refractivity contribution in [2.24, 2.45) is 59.2 Å². The maximum Gasteiger partial charge on any atom is 0.0456 e. The van der Waals surface area contributed by atoms with Crippen LogP contribution in [-0.2, 0) is 51.4 Å². The lowest BCUT2D eigenvalue weighted by atomic mass is 9.84. The Morgan fingerprint density at radius 2 is 0.684 bits per heavy atom. The van der Waals surface area contributed by atoms with Crippen molar-refractivity contribution in [3.8, 4) is 22.3 Å². The predicted molar refractivity (Wildman–Crippen MR) is 523 cm³/mol. The van der Waals surface area contributed by atoms with Crippen molar-refractivity contribution < 1.29 is 0 Å². The maximum absolute atomic E-state index is 3.29. The zero-order chi connectivity index (χ0) is 83.8. The summed E-state index contributed by atoms with van der Waals surface area (Å²) in [5, 5.41) is 6.82. The summed E-state index contributed by atoms with van der Waals surface area (Å²) >= 11 is 0. The zero-order valence-corrected chi connectivity index (χ0v) is 75.6. The number of H-pyrrole nitrogens is 2. The second-order valence-corrected chi connectivity index (χ2v) is 36.4. The number of nitrogens with one attached hydrogen (secondary N) is 2. The molecule has 0 bridgehead atoms. The van der Waals surface area contributed by atoms with Crippen LogP contribution in [0.4, 0.5) is 0 Å². The van der Waals surface area contributed by atoms with E-state index < -0.39 is 0 Å². The first kappa shape index (κ1) is 98.3. The van der Waals surface area contributed by atoms with Crippen molar-refractivity contribution in [3.63, 3.8) is 0 Å². The molecule has 1 aliphatic rings. The smallest absolute Gasteiger partial charge is 0.0456 e. The first-order valence-corrected chi connectivity index (χ1v) is 44.9. The summed E-state index contributed by atoms with van der Waals surface area (Å²) in [5.74, 6) is 8.06. The van der Waals surface area contributed by atoms with Gasteiger partial charge in [0.2, 0.25) is 0 Å². The first-order valence-electron chi connectivity index (χ1n) is 44.9. The molecule has 1 fully saturated rings. The van der Waals surface area contributed by atoms with Crippen molar-refractivity contribution in [3.05, 3.63) is 348 Å². The standard InChI is InChI=1S/C17H20.C16H18.2C14H16.C12H15N.C12H18.C11H16.C10H20.C8H13N.CH4/c1-14(2)8-9-15-10-12-17(13-11-15)16-6-4-3-5-7-16;1-13(2)12-14-8-10-16(11-9-14)15-6-4-3-5-7-15;1-11(2)10-13-8-5-7-12-6-3-4-9-14(12)13;1-11(2)9-12-7-8-13-5-3-4-6-14(13)10-12;1-9(2)7-10-8-13-12-6-4-3-5-11(10)12;1-10(2)4-7-12-8-5-11(3)6-9-12;1-10(2)8-9-11-6-4-3-5-7-11;1-9(2)8-10-6-4-3-5-7-10;1-7(2)6-8-4-3-5-9-8;/h3-7,10-14H,8-9H2,1-2H3;3-11,13H,12H2,1-2H3;3-9,11H,10H2,1-2H3;3-8,10-11H,9H2,1-2H3;3-6,8-9,13H,7H2,1-2H3;5-6,8-10H,4,7H2,1-3H3;3-7,10H,8-9H2,1-2H3;9-10H,3-8H2,1-2H3;3-5,7,9H,6H2,1-2H3;1H4. The molecule has 14 rings (SSSR count). The van der Waals surface area contributed by atoms with E-state index in [9.17, 15) is 0 Å². The summed E-state index contributed by atoms with van der Waals surface area (Å²) in [6.07, 6.45) is 26.4. The molecular weight excluding hydrogens is 1410 g/mol. The Kier molecular flexibility index (Phi) is 47.2. The van der Waals surface area contributed by atoms with Crippen LogP contribution in [0.25, 0.3) is 54.7 Å². The van der Waals surface area contributed by atoms with Crippen LogP contribution in [0.15, 0.2) is 298 Å². The lowest BCUT2D eigenvalue weighted by molar-refractivity contribution is 0.305. The van der Waals surface area contributed by atoms with Gasteiger partial charge in [-0.25, -0.2) is 0 Å². The molecule has 11 aromatic carbocycles. The van der Waals surface area contributed by atoms with Gasteiger partial charge in [0, 0.05) is 29.0 Å². The lowest BCUT2D eigenvalue weighted by Crippen LogP contribution is -2.08. The molecule has 0 saturated heterocycles. The zero-order valence-electron chi connectivity index (χ0n) is 75.6. The fourth-order valence-corrected chi connectivity index (χ4v) is 14.7. The monoisotopic (exact) mass is 1570 g/mol. The van der Waals surface area contributed by atoms with E-state index in [-0.39, 0.29) is 7.43 Å². The quantitative estimate of drug-likeness (QED) is 0.0640. The topological polar surface area (TPSA) is 31.6 Å². The number of aromatic nitrogens is 2. The summed E-state index contributed by atoms with van der Waals surface area (Å²) in [4.78, 5) is 6.46. The van der Waals surface area contributed by atoms with Crippen LogP contribution in [0.1, 0.15) is 240 Å². The summed E-state index contributed by atoms with van der Waals surface area (Å²) < 4.78 is 0. The third-order valence-electron chi connectivity index (χ3n) is 20.8. The molecule has 0 atom stereocenters. The van der Waals surface area contributed by atoms with Gasteiger partial charge in [-0.3, -0.25) is 0 Å². The number of para-hydroxylation sites is 1. The summed E-state index contributed by atoms with van der Waals surface area (Å²) in [6, 6.07) is 102. The Labute approximate surface area is 715 Å². The number of fused-ring (bicyclic) bond motifs is 3. The van der Waals surface area contributed by atoms with E-state index in [2.05, 4.69) is 427 Å². The Balaban J connectivity index is 0.000000236. The van der Waals surface area contributed by atoms with E-state index in [0.717, 1.165) is 78.4 Å². The third kappa shape index (κ3) is 41.6. The van der Waals surface area contributed by atoms with Crippen LogP contribution in [0, 0.1) is 66.1 Å². The van der Waals surface area contributed by atoms with Crippen LogP contribution in [0.5, 0.6) is 0 Å². The summed E-state index contributed by atoms with van der Waals surface area (Å²) in [7, 11) is 0. The molecule has 2 aromatic heterocycles. The molecule has 0 aliphatic heterocycles. The van der Waals surface area contributed by atoms with Gasteiger partial charge >= 0.3 is 0 Å². The molecule has 117 heavy (non-hydrogen) atoms. The molecule has 1 saturated carbocycles. The number of hydrogen-bond acceptors (Lipinski definition) is 0. The maximum atomic E-state index is 3.29. The fraction of sp³-hybridized carbons (Fsp3) is 0.409. The summed E-state index contributed by atoms with van der Waals surface area (Å²) in [6.45, 7) is 43.0. The molecule has 2 heteroatoms. The number of aromatic amines is 2. The van der Waals surface area contributed by atoms with Crippen LogP contribution in [0.3, 0.4) is 0 Å². The predicted octanol–water partition coefficient (Wildman–Crippen LogP) is 34.3. The minimum atomic E-state index is 0. The fourth-order valence-electron chi connectivity index (χ4n) is 14.7. The van der Waals surface area contributed by atoms with Crippen LogP contribution < -0.4 is 0 Å². The number of benzene rings is 11. The van der Waals surface area contributed by atoms with Crippen LogP contribution in [0.2, 0.25) is 0 Å². The van der Waals surface area contributed by atoms with E-state index >= 15 is 0 Å². The highest BCUT2D eigenvalue weighted by molar-refractivity contribution is 5.86. The van der Waals surface area contributed by atoms with E-state index in [1.807, 2.05) is 12.3 Å². The highest BCUT2D eigenvalue weighted by Crippen LogP contribution is 2.30. The number of rotatable bonds is 23. The van der Waals surface area contributed by atoms with Crippen molar-refractivity contribution in [2.75, 3.05) is 0 Å². The largest absolute Gasteiger partial charge is 0.365 e. The highest BCUT2D eigenvalue weighted by atomic mass is 14.7. The van der Waals surface area contributed by atoms with Crippen molar-refractivity contribution in [1.29, 1.82) is 0 Å². The van der Waals surface area contributed by atoms with Crippen molar-refractivity contribution >= 4 is 32.4 Å². The molecule has 2 nitrogen and oxygen atoms in total. The van der Waals surface area contributed by atoms with Gasteiger partial charge in [0.25, 0.3) is 0 Å². The van der Waals surface area contributed by atoms with Gasteiger partial charge in [0.05, 0.1) is 0 Å². The van der Waals surface area contributed by atoms with Gasteiger partial charge < -0.3 is 9.97 Å². The van der Waals surface area contributed by atoms with Crippen LogP contribution >= 0.6 is 0 Å². The molecule has 0 unspecified atom stereocenters. The van der Waals surface area contributed by atoms with E-state index in [1.165, 1.54) is 195 Å². The Bertz CT molecular complexity index is 4570. The van der Waals surface area contributed by atoms with Crippen LogP contribution in [-0.4, -0.2) is 9.97 Å². The molecule has 1 aliphatic carbocycles. The normalized spacial score (nSPS) is 11.7. The molecule has 2 N–H and O–H groups in total. The Morgan fingerprint density at radius 1 is 0.282 bits per heavy atom. The number of hydrogen-bond donors (Lipinski definition) is 2. The third-order valence-corrected chi connectivity index (χ3v) is 20.8. The molecule has 0 radical (unpaired) electrons. The molecule has 0 amide bonds. The van der Waals surface area contributed by atoms with Gasteiger partial charge in [0.1, 0.15) is 0 Å². The molecule has 626 valence electrons. The molecule has 2 heterocycles. The van der Waals surface area contributed by atoms with Crippen molar-refractivity contribution in [2.45, 2.75) is 248 Å². The molecule has 0 spiro atoms. The highest BCUT2D eigenvalue weighted by Gasteiger charge is 2.14. The van der Waals surface area contributed by atoms with E-state index in [4.69, 9.17) is 0 Å². The van der Waals surface area contributed by atoms with Gasteiger partial charge in [-0.05, 0) is 244 Å². The summed E-state index contributed by atoms with van der Waals surface area (Å²) in [5.41, 5.74) is 19.3. The SMILES string of the molecule is C.CC(C)CC1CCCCC1.CC(C)CCc1ccc(-c2ccccc2)cc1.CC(C)CCc1ccccc1.CC(C)Cc1c[nH]c2ccccc12.CC(C)Cc1ccc(-c2ccccc2)cc1.CC(C)Cc1ccc2ccccc2c1.CC(C)Cc1ccc[nH]1.CC(C)Cc1cccc2ccccc12.Cc1ccc(CCC(C)C)cc1. The van der Waals surface area contributed by atoms with Gasteiger partial charge in [-0.2, -0.15) is 0 Å². The number of aryl methyl sites for hydroxylation is 4. The average Bonchev–Trinajstić information content (AvgIpc) is 1.70. The first-order chi connectivity index (χ1) is 55.8.